The molecular weight excluding hydrogens is 248 g/mol. The van der Waals surface area contributed by atoms with Crippen LogP contribution in [0.2, 0.25) is 0 Å². The molecule has 0 N–H and O–H groups in total. The van der Waals surface area contributed by atoms with E-state index in [1.807, 2.05) is 0 Å². The van der Waals surface area contributed by atoms with Crippen LogP contribution in [0.4, 0.5) is 14.5 Å². The molecule has 0 atom stereocenters. The van der Waals surface area contributed by atoms with Gasteiger partial charge in [0.05, 0.1) is 12.8 Å². The number of hydrogen-bond acceptors (Lipinski definition) is 2. The molecule has 0 unspecified atom stereocenters. The number of anilines is 1. The van der Waals surface area contributed by atoms with E-state index < -0.39 is 11.6 Å². The summed E-state index contributed by atoms with van der Waals surface area (Å²) in [6, 6.07) is 2.82. The number of nitrogens with zero attached hydrogens (tertiary/aromatic N) is 1. The van der Waals surface area contributed by atoms with E-state index in [0.29, 0.717) is 11.1 Å². The predicted molar refractivity (Wildman–Crippen MR) is 70.6 cm³/mol. The molecule has 0 aromatic heterocycles. The van der Waals surface area contributed by atoms with Crippen LogP contribution in [0, 0.1) is 17.0 Å². The predicted octanol–water partition coefficient (Wildman–Crippen LogP) is 3.74. The van der Waals surface area contributed by atoms with E-state index >= 15 is 0 Å². The fourth-order valence-corrected chi connectivity index (χ4v) is 3.64. The molecule has 1 aromatic rings. The van der Waals surface area contributed by atoms with Crippen LogP contribution >= 0.6 is 0 Å². The zero-order valence-corrected chi connectivity index (χ0v) is 11.2. The second kappa shape index (κ2) is 4.66. The van der Waals surface area contributed by atoms with Crippen molar-refractivity contribution < 1.29 is 13.5 Å². The topological polar surface area (TPSA) is 12.5 Å². The first-order chi connectivity index (χ1) is 9.15. The first-order valence-corrected chi connectivity index (χ1v) is 6.92. The maximum atomic E-state index is 13.8. The number of benzene rings is 1. The normalized spacial score (nSPS) is 21.3. The van der Waals surface area contributed by atoms with Gasteiger partial charge in [-0.15, -0.1) is 0 Å². The first-order valence-electron chi connectivity index (χ1n) is 6.92. The molecule has 2 aliphatic rings. The molecule has 2 fully saturated rings. The highest BCUT2D eigenvalue weighted by atomic mass is 19.2. The summed E-state index contributed by atoms with van der Waals surface area (Å²) in [5.74, 6) is -1.70. The average molecular weight is 267 g/mol. The van der Waals surface area contributed by atoms with Crippen LogP contribution in [-0.4, -0.2) is 20.2 Å². The van der Waals surface area contributed by atoms with Crippen LogP contribution < -0.4 is 9.64 Å². The molecule has 0 radical (unpaired) electrons. The average Bonchev–Trinajstić information content (AvgIpc) is 3.04. The fraction of sp³-hybridized carbons (Fsp3) is 0.600. The summed E-state index contributed by atoms with van der Waals surface area (Å²) in [5, 5.41) is 0. The third kappa shape index (κ3) is 2.07. The van der Waals surface area contributed by atoms with Gasteiger partial charge in [0.2, 0.25) is 5.82 Å². The minimum absolute atomic E-state index is 0.0371. The van der Waals surface area contributed by atoms with Gasteiger partial charge in [-0.05, 0) is 36.8 Å². The lowest BCUT2D eigenvalue weighted by Gasteiger charge is -2.26. The molecular formula is C15H19F2NO. The van der Waals surface area contributed by atoms with Gasteiger partial charge in [-0.1, -0.05) is 12.8 Å². The molecule has 3 rings (SSSR count). The Hall–Kier alpha value is -1.32. The van der Waals surface area contributed by atoms with E-state index in [1.54, 1.807) is 6.07 Å². The van der Waals surface area contributed by atoms with Crippen molar-refractivity contribution in [1.82, 2.24) is 0 Å². The van der Waals surface area contributed by atoms with Crippen LogP contribution in [0.15, 0.2) is 12.1 Å². The monoisotopic (exact) mass is 267 g/mol. The van der Waals surface area contributed by atoms with Crippen LogP contribution in [-0.2, 0) is 0 Å². The minimum atomic E-state index is -0.882. The lowest BCUT2D eigenvalue weighted by atomic mass is 9.86. The molecule has 1 aliphatic heterocycles. The molecule has 1 aromatic carbocycles. The second-order valence-corrected chi connectivity index (χ2v) is 5.79. The number of ether oxygens (including phenoxy) is 1. The highest BCUT2D eigenvalue weighted by Crippen LogP contribution is 2.47. The summed E-state index contributed by atoms with van der Waals surface area (Å²) in [6.07, 6.45) is 6.26. The van der Waals surface area contributed by atoms with Gasteiger partial charge in [-0.25, -0.2) is 4.39 Å². The number of halogens is 2. The second-order valence-electron chi connectivity index (χ2n) is 5.79. The smallest absolute Gasteiger partial charge is 0.202 e. The fourth-order valence-electron chi connectivity index (χ4n) is 3.64. The molecule has 2 nitrogen and oxygen atoms in total. The van der Waals surface area contributed by atoms with Crippen molar-refractivity contribution in [3.8, 4) is 5.75 Å². The van der Waals surface area contributed by atoms with Gasteiger partial charge in [0.15, 0.2) is 11.6 Å². The maximum Gasteiger partial charge on any atom is 0.202 e. The Labute approximate surface area is 112 Å². The highest BCUT2D eigenvalue weighted by Gasteiger charge is 2.41. The van der Waals surface area contributed by atoms with Crippen molar-refractivity contribution >= 4 is 5.69 Å². The SMILES string of the molecule is COc1c(N2CCC3(CCCC3)C2)ccc(F)c1F. The molecule has 0 bridgehead atoms. The molecule has 1 spiro atoms. The van der Waals surface area contributed by atoms with E-state index in [9.17, 15) is 8.78 Å². The van der Waals surface area contributed by atoms with Crippen LogP contribution in [0.1, 0.15) is 32.1 Å². The van der Waals surface area contributed by atoms with Gasteiger partial charge < -0.3 is 9.64 Å². The largest absolute Gasteiger partial charge is 0.491 e. The Morgan fingerprint density at radius 3 is 2.58 bits per heavy atom. The minimum Gasteiger partial charge on any atom is -0.491 e. The Morgan fingerprint density at radius 2 is 1.89 bits per heavy atom. The van der Waals surface area contributed by atoms with Gasteiger partial charge in [0, 0.05) is 13.1 Å². The maximum absolute atomic E-state index is 13.8. The molecule has 1 saturated carbocycles. The van der Waals surface area contributed by atoms with Crippen molar-refractivity contribution in [2.24, 2.45) is 5.41 Å². The molecule has 1 saturated heterocycles. The summed E-state index contributed by atoms with van der Waals surface area (Å²) in [4.78, 5) is 2.15. The summed E-state index contributed by atoms with van der Waals surface area (Å²) in [5.41, 5.74) is 1.08. The Kier molecular flexibility index (Phi) is 3.11. The van der Waals surface area contributed by atoms with Gasteiger partial charge in [0.1, 0.15) is 0 Å². The molecule has 0 amide bonds. The molecule has 1 heterocycles. The third-order valence-corrected chi connectivity index (χ3v) is 4.68. The van der Waals surface area contributed by atoms with Crippen LogP contribution in [0.5, 0.6) is 5.75 Å². The van der Waals surface area contributed by atoms with Crippen molar-refractivity contribution in [2.75, 3.05) is 25.1 Å². The van der Waals surface area contributed by atoms with Crippen molar-refractivity contribution in [3.63, 3.8) is 0 Å². The zero-order chi connectivity index (χ0) is 13.5. The van der Waals surface area contributed by atoms with Gasteiger partial charge in [0.25, 0.3) is 0 Å². The lowest BCUT2D eigenvalue weighted by Crippen LogP contribution is -2.25. The van der Waals surface area contributed by atoms with Gasteiger partial charge in [-0.3, -0.25) is 0 Å². The third-order valence-electron chi connectivity index (χ3n) is 4.68. The lowest BCUT2D eigenvalue weighted by molar-refractivity contribution is 0.339. The van der Waals surface area contributed by atoms with Crippen molar-refractivity contribution in [3.05, 3.63) is 23.8 Å². The molecule has 4 heteroatoms. The van der Waals surface area contributed by atoms with E-state index in [4.69, 9.17) is 4.74 Å². The Bertz CT molecular complexity index is 483. The molecule has 1 aliphatic carbocycles. The van der Waals surface area contributed by atoms with E-state index in [-0.39, 0.29) is 5.75 Å². The summed E-state index contributed by atoms with van der Waals surface area (Å²) in [7, 11) is 1.39. The summed E-state index contributed by atoms with van der Waals surface area (Å²) >= 11 is 0. The summed E-state index contributed by atoms with van der Waals surface area (Å²) < 4.78 is 32.1. The first kappa shape index (κ1) is 12.7. The van der Waals surface area contributed by atoms with E-state index in [1.165, 1.54) is 38.9 Å². The Morgan fingerprint density at radius 1 is 1.16 bits per heavy atom. The van der Waals surface area contributed by atoms with Crippen molar-refractivity contribution in [1.29, 1.82) is 0 Å². The zero-order valence-electron chi connectivity index (χ0n) is 11.2. The van der Waals surface area contributed by atoms with E-state index in [2.05, 4.69) is 4.90 Å². The molecule has 104 valence electrons. The van der Waals surface area contributed by atoms with Gasteiger partial charge >= 0.3 is 0 Å². The highest BCUT2D eigenvalue weighted by molar-refractivity contribution is 5.60. The van der Waals surface area contributed by atoms with Gasteiger partial charge in [-0.2, -0.15) is 4.39 Å². The number of methoxy groups -OCH3 is 1. The number of rotatable bonds is 2. The molecule has 19 heavy (non-hydrogen) atoms. The van der Waals surface area contributed by atoms with Crippen molar-refractivity contribution in [2.45, 2.75) is 32.1 Å². The number of hydrogen-bond donors (Lipinski definition) is 0. The Balaban J connectivity index is 1.89. The van der Waals surface area contributed by atoms with Crippen LogP contribution in [0.25, 0.3) is 0 Å². The van der Waals surface area contributed by atoms with Crippen LogP contribution in [0.3, 0.4) is 0 Å². The van der Waals surface area contributed by atoms with E-state index in [0.717, 1.165) is 19.5 Å². The standard InChI is InChI=1S/C15H19F2NO/c1-19-14-12(5-4-11(16)13(14)17)18-9-8-15(10-18)6-2-3-7-15/h4-5H,2-3,6-10H2,1H3. The summed E-state index contributed by atoms with van der Waals surface area (Å²) in [6.45, 7) is 1.84. The quantitative estimate of drug-likeness (QED) is 0.809.